The van der Waals surface area contributed by atoms with Crippen LogP contribution in [0.2, 0.25) is 0 Å². The number of hydrogen-bond donors (Lipinski definition) is 2. The molecule has 2 heterocycles. The number of aliphatic hydroxyl groups excluding tert-OH is 1. The molecule has 2 aromatic rings. The van der Waals surface area contributed by atoms with Crippen molar-refractivity contribution in [2.24, 2.45) is 5.92 Å². The molecule has 0 bridgehead atoms. The molecule has 0 aliphatic heterocycles. The predicted molar refractivity (Wildman–Crippen MR) is 69.8 cm³/mol. The van der Waals surface area contributed by atoms with Crippen LogP contribution in [-0.2, 0) is 6.18 Å². The molecule has 2 N–H and O–H groups in total. The average Bonchev–Trinajstić information content (AvgIpc) is 2.86. The summed E-state index contributed by atoms with van der Waals surface area (Å²) in [5.74, 6) is -0.608. The summed E-state index contributed by atoms with van der Waals surface area (Å²) in [6.45, 7) is 2.59. The smallest absolute Gasteiger partial charge is 0.396 e. The monoisotopic (exact) mass is 303 g/mol. The number of fused-ring (bicyclic) bond motifs is 1. The largest absolute Gasteiger partial charge is 0.453 e. The Morgan fingerprint density at radius 1 is 1.33 bits per heavy atom. The van der Waals surface area contributed by atoms with Crippen LogP contribution in [0, 0.1) is 5.92 Å². The second-order valence-electron chi connectivity index (χ2n) is 4.68. The summed E-state index contributed by atoms with van der Waals surface area (Å²) in [6, 6.07) is 2.97. The van der Waals surface area contributed by atoms with Crippen LogP contribution in [0.4, 0.5) is 19.0 Å². The van der Waals surface area contributed by atoms with Crippen molar-refractivity contribution in [3.8, 4) is 0 Å². The summed E-state index contributed by atoms with van der Waals surface area (Å²) in [5, 5.41) is 22.3. The van der Waals surface area contributed by atoms with Crippen LogP contribution < -0.4 is 5.32 Å². The van der Waals surface area contributed by atoms with Crippen molar-refractivity contribution >= 4 is 11.5 Å². The van der Waals surface area contributed by atoms with E-state index in [4.69, 9.17) is 5.11 Å². The van der Waals surface area contributed by atoms with Gasteiger partial charge in [0.2, 0.25) is 0 Å². The van der Waals surface area contributed by atoms with Crippen molar-refractivity contribution < 1.29 is 18.3 Å². The van der Waals surface area contributed by atoms with Gasteiger partial charge in [-0.25, -0.2) is 0 Å². The minimum atomic E-state index is -4.60. The first-order valence-electron chi connectivity index (χ1n) is 6.60. The van der Waals surface area contributed by atoms with Crippen LogP contribution in [0.15, 0.2) is 12.1 Å². The van der Waals surface area contributed by atoms with Crippen LogP contribution in [0.25, 0.3) is 5.65 Å². The van der Waals surface area contributed by atoms with Crippen molar-refractivity contribution in [2.75, 3.05) is 18.5 Å². The van der Waals surface area contributed by atoms with E-state index in [2.05, 4.69) is 20.6 Å². The highest BCUT2D eigenvalue weighted by molar-refractivity contribution is 5.44. The molecule has 0 aliphatic rings. The molecular formula is C12H16F3N5O. The number of rotatable bonds is 6. The molecular weight excluding hydrogens is 287 g/mol. The highest BCUT2D eigenvalue weighted by atomic mass is 19.4. The first kappa shape index (κ1) is 15.5. The van der Waals surface area contributed by atoms with Crippen molar-refractivity contribution in [2.45, 2.75) is 25.9 Å². The van der Waals surface area contributed by atoms with Gasteiger partial charge in [0.15, 0.2) is 5.65 Å². The van der Waals surface area contributed by atoms with Crippen molar-refractivity contribution in [1.82, 2.24) is 19.8 Å². The molecule has 116 valence electrons. The Morgan fingerprint density at radius 3 is 2.71 bits per heavy atom. The molecule has 0 fully saturated rings. The SMILES string of the molecule is CCC(CCO)CNc1ccc2nnc(C(F)(F)F)n2n1. The van der Waals surface area contributed by atoms with Crippen LogP contribution in [0.1, 0.15) is 25.6 Å². The molecule has 0 radical (unpaired) electrons. The molecule has 0 aliphatic carbocycles. The molecule has 0 saturated heterocycles. The molecule has 1 atom stereocenters. The van der Waals surface area contributed by atoms with Crippen LogP contribution >= 0.6 is 0 Å². The van der Waals surface area contributed by atoms with Gasteiger partial charge in [0.25, 0.3) is 5.82 Å². The highest BCUT2D eigenvalue weighted by Gasteiger charge is 2.37. The number of alkyl halides is 3. The fourth-order valence-corrected chi connectivity index (χ4v) is 1.94. The number of nitrogens with one attached hydrogen (secondary N) is 1. The first-order valence-corrected chi connectivity index (χ1v) is 6.60. The standard InChI is InChI=1S/C12H16F3N5O/c1-2-8(5-6-21)7-16-9-3-4-10-17-18-11(12(13,14)15)20(10)19-9/h3-4,8,21H,2,5-7H2,1H3,(H,16,19). The summed E-state index contributed by atoms with van der Waals surface area (Å²) < 4.78 is 38.9. The van der Waals surface area contributed by atoms with Gasteiger partial charge in [-0.2, -0.15) is 17.7 Å². The van der Waals surface area contributed by atoms with Crippen molar-refractivity contribution in [3.63, 3.8) is 0 Å². The summed E-state index contributed by atoms with van der Waals surface area (Å²) in [4.78, 5) is 0. The maximum absolute atomic E-state index is 12.7. The summed E-state index contributed by atoms with van der Waals surface area (Å²) in [5.41, 5.74) is 0.0373. The number of hydrogen-bond acceptors (Lipinski definition) is 5. The third-order valence-corrected chi connectivity index (χ3v) is 3.20. The molecule has 1 unspecified atom stereocenters. The fraction of sp³-hybridized carbons (Fsp3) is 0.583. The van der Waals surface area contributed by atoms with Crippen LogP contribution in [-0.4, -0.2) is 38.1 Å². The Labute approximate surface area is 119 Å². The minimum Gasteiger partial charge on any atom is -0.396 e. The summed E-state index contributed by atoms with van der Waals surface area (Å²) >= 11 is 0. The summed E-state index contributed by atoms with van der Waals surface area (Å²) in [6.07, 6.45) is -3.11. The molecule has 0 aromatic carbocycles. The molecule has 0 saturated carbocycles. The minimum absolute atomic E-state index is 0.0373. The molecule has 0 amide bonds. The van der Waals surface area contributed by atoms with Gasteiger partial charge in [0.1, 0.15) is 5.82 Å². The van der Waals surface area contributed by atoms with Gasteiger partial charge in [0, 0.05) is 13.2 Å². The van der Waals surface area contributed by atoms with E-state index in [0.717, 1.165) is 6.42 Å². The van der Waals surface area contributed by atoms with Gasteiger partial charge < -0.3 is 10.4 Å². The van der Waals surface area contributed by atoms with Gasteiger partial charge in [-0.05, 0) is 24.5 Å². The van der Waals surface area contributed by atoms with Gasteiger partial charge in [-0.15, -0.1) is 15.3 Å². The third kappa shape index (κ3) is 3.60. The molecule has 0 spiro atoms. The Balaban J connectivity index is 2.18. The van der Waals surface area contributed by atoms with E-state index in [1.54, 1.807) is 6.07 Å². The molecule has 2 rings (SSSR count). The Hall–Kier alpha value is -1.90. The van der Waals surface area contributed by atoms with E-state index in [0.29, 0.717) is 23.3 Å². The van der Waals surface area contributed by atoms with Crippen molar-refractivity contribution in [3.05, 3.63) is 18.0 Å². The van der Waals surface area contributed by atoms with E-state index in [9.17, 15) is 13.2 Å². The van der Waals surface area contributed by atoms with Gasteiger partial charge in [-0.1, -0.05) is 13.3 Å². The van der Waals surface area contributed by atoms with E-state index in [-0.39, 0.29) is 18.2 Å². The molecule has 2 aromatic heterocycles. The van der Waals surface area contributed by atoms with Crippen molar-refractivity contribution in [1.29, 1.82) is 0 Å². The lowest BCUT2D eigenvalue weighted by Gasteiger charge is -2.14. The predicted octanol–water partition coefficient (Wildman–Crippen LogP) is 1.96. The zero-order chi connectivity index (χ0) is 15.5. The zero-order valence-electron chi connectivity index (χ0n) is 11.4. The second kappa shape index (κ2) is 6.25. The van der Waals surface area contributed by atoms with Gasteiger partial charge in [-0.3, -0.25) is 0 Å². The average molecular weight is 303 g/mol. The topological polar surface area (TPSA) is 75.3 Å². The van der Waals surface area contributed by atoms with E-state index in [1.807, 2.05) is 6.92 Å². The zero-order valence-corrected chi connectivity index (χ0v) is 11.4. The lowest BCUT2D eigenvalue weighted by Crippen LogP contribution is -2.17. The molecule has 21 heavy (non-hydrogen) atoms. The second-order valence-corrected chi connectivity index (χ2v) is 4.68. The Bertz CT molecular complexity index is 598. The third-order valence-electron chi connectivity index (χ3n) is 3.20. The van der Waals surface area contributed by atoms with Gasteiger partial charge in [0.05, 0.1) is 0 Å². The first-order chi connectivity index (χ1) is 9.95. The maximum atomic E-state index is 12.7. The Kier molecular flexibility index (Phi) is 4.61. The Morgan fingerprint density at radius 2 is 2.10 bits per heavy atom. The lowest BCUT2D eigenvalue weighted by molar-refractivity contribution is -0.146. The lowest BCUT2D eigenvalue weighted by atomic mass is 10.0. The normalized spacial score (nSPS) is 13.6. The fourth-order valence-electron chi connectivity index (χ4n) is 1.94. The van der Waals surface area contributed by atoms with Crippen LogP contribution in [0.3, 0.4) is 0 Å². The van der Waals surface area contributed by atoms with Crippen LogP contribution in [0.5, 0.6) is 0 Å². The maximum Gasteiger partial charge on any atom is 0.453 e. The van der Waals surface area contributed by atoms with E-state index in [1.165, 1.54) is 6.07 Å². The number of aliphatic hydroxyl groups is 1. The number of halogens is 3. The molecule has 6 nitrogen and oxygen atoms in total. The number of aromatic nitrogens is 4. The molecule has 9 heteroatoms. The number of nitrogens with zero attached hydrogens (tertiary/aromatic N) is 4. The van der Waals surface area contributed by atoms with Gasteiger partial charge >= 0.3 is 6.18 Å². The number of anilines is 1. The summed E-state index contributed by atoms with van der Waals surface area (Å²) in [7, 11) is 0. The van der Waals surface area contributed by atoms with E-state index < -0.39 is 12.0 Å². The van der Waals surface area contributed by atoms with E-state index >= 15 is 0 Å². The highest BCUT2D eigenvalue weighted by Crippen LogP contribution is 2.27. The quantitative estimate of drug-likeness (QED) is 0.853.